The summed E-state index contributed by atoms with van der Waals surface area (Å²) >= 11 is 0. The van der Waals surface area contributed by atoms with Gasteiger partial charge in [-0.1, -0.05) is 0 Å². The molecule has 0 aromatic carbocycles. The monoisotopic (exact) mass is 275 g/mol. The molecule has 2 heterocycles. The summed E-state index contributed by atoms with van der Waals surface area (Å²) in [5.74, 6) is -0.0125. The number of amides is 1. The molecule has 6 heteroatoms. The van der Waals surface area contributed by atoms with Gasteiger partial charge in [0.1, 0.15) is 6.54 Å². The van der Waals surface area contributed by atoms with Crippen LogP contribution in [0.2, 0.25) is 0 Å². The van der Waals surface area contributed by atoms with E-state index in [1.807, 2.05) is 37.7 Å². The summed E-state index contributed by atoms with van der Waals surface area (Å²) < 4.78 is 3.62. The fraction of sp³-hybridized carbons (Fsp3) is 0.500. The predicted molar refractivity (Wildman–Crippen MR) is 76.3 cm³/mol. The maximum atomic E-state index is 11.7. The Bertz CT molecular complexity index is 584. The van der Waals surface area contributed by atoms with Gasteiger partial charge in [0.05, 0.1) is 11.4 Å². The molecule has 0 unspecified atom stereocenters. The average molecular weight is 275 g/mol. The standard InChI is InChI=1S/C14H21N5O/c1-11-5-8-18(16-11)10-14(20)15-6-4-7-19-13(3)9-12(2)17-19/h5,8-9H,4,6-7,10H2,1-3H3,(H,15,20). The summed E-state index contributed by atoms with van der Waals surface area (Å²) in [6.07, 6.45) is 2.68. The topological polar surface area (TPSA) is 64.7 Å². The largest absolute Gasteiger partial charge is 0.354 e. The minimum absolute atomic E-state index is 0.0125. The van der Waals surface area contributed by atoms with Crippen LogP contribution in [0.25, 0.3) is 0 Å². The first kappa shape index (κ1) is 14.3. The van der Waals surface area contributed by atoms with Crippen molar-refractivity contribution >= 4 is 5.91 Å². The maximum Gasteiger partial charge on any atom is 0.241 e. The first-order valence-electron chi connectivity index (χ1n) is 6.82. The summed E-state index contributed by atoms with van der Waals surface area (Å²) in [5.41, 5.74) is 3.10. The molecule has 108 valence electrons. The van der Waals surface area contributed by atoms with Gasteiger partial charge in [-0.2, -0.15) is 10.2 Å². The van der Waals surface area contributed by atoms with E-state index in [1.165, 1.54) is 0 Å². The Hall–Kier alpha value is -2.11. The quantitative estimate of drug-likeness (QED) is 0.806. The second-order valence-corrected chi connectivity index (χ2v) is 5.01. The number of hydrogen-bond acceptors (Lipinski definition) is 3. The van der Waals surface area contributed by atoms with E-state index in [0.29, 0.717) is 6.54 Å². The van der Waals surface area contributed by atoms with Crippen molar-refractivity contribution in [2.24, 2.45) is 0 Å². The third-order valence-electron chi connectivity index (χ3n) is 3.05. The van der Waals surface area contributed by atoms with E-state index < -0.39 is 0 Å². The zero-order valence-corrected chi connectivity index (χ0v) is 12.3. The molecule has 0 fully saturated rings. The van der Waals surface area contributed by atoms with E-state index >= 15 is 0 Å². The van der Waals surface area contributed by atoms with Gasteiger partial charge < -0.3 is 5.32 Å². The summed E-state index contributed by atoms with van der Waals surface area (Å²) in [4.78, 5) is 11.7. The number of hydrogen-bond donors (Lipinski definition) is 1. The molecule has 1 N–H and O–H groups in total. The predicted octanol–water partition coefficient (Wildman–Crippen LogP) is 1.21. The molecule has 20 heavy (non-hydrogen) atoms. The third-order valence-corrected chi connectivity index (χ3v) is 3.05. The summed E-state index contributed by atoms with van der Waals surface area (Å²) in [6.45, 7) is 7.67. The number of rotatable bonds is 6. The summed E-state index contributed by atoms with van der Waals surface area (Å²) in [7, 11) is 0. The minimum atomic E-state index is -0.0125. The van der Waals surface area contributed by atoms with Crippen molar-refractivity contribution in [2.45, 2.75) is 40.3 Å². The fourth-order valence-electron chi connectivity index (χ4n) is 2.11. The number of aromatic nitrogens is 4. The SMILES string of the molecule is Cc1ccn(CC(=O)NCCCn2nc(C)cc2C)n1. The van der Waals surface area contributed by atoms with Crippen LogP contribution in [0, 0.1) is 20.8 Å². The number of nitrogens with zero attached hydrogens (tertiary/aromatic N) is 4. The second kappa shape index (κ2) is 6.36. The molecule has 0 aliphatic heterocycles. The molecule has 0 saturated carbocycles. The van der Waals surface area contributed by atoms with Crippen LogP contribution in [0.5, 0.6) is 0 Å². The van der Waals surface area contributed by atoms with Crippen molar-refractivity contribution in [3.8, 4) is 0 Å². The zero-order chi connectivity index (χ0) is 14.5. The molecule has 0 aliphatic rings. The number of carbonyl (C=O) groups is 1. The Morgan fingerprint density at radius 3 is 2.65 bits per heavy atom. The highest BCUT2D eigenvalue weighted by molar-refractivity contribution is 5.75. The molecular formula is C14H21N5O. The molecule has 0 radical (unpaired) electrons. The van der Waals surface area contributed by atoms with Crippen LogP contribution < -0.4 is 5.32 Å². The van der Waals surface area contributed by atoms with Crippen LogP contribution in [-0.4, -0.2) is 32.0 Å². The van der Waals surface area contributed by atoms with Crippen molar-refractivity contribution in [3.05, 3.63) is 35.4 Å². The van der Waals surface area contributed by atoms with Gasteiger partial charge in [0.2, 0.25) is 5.91 Å². The van der Waals surface area contributed by atoms with Crippen molar-refractivity contribution in [3.63, 3.8) is 0 Å². The third kappa shape index (κ3) is 3.94. The van der Waals surface area contributed by atoms with Crippen LogP contribution in [0.15, 0.2) is 18.3 Å². The van der Waals surface area contributed by atoms with E-state index in [1.54, 1.807) is 4.68 Å². The molecular weight excluding hydrogens is 254 g/mol. The van der Waals surface area contributed by atoms with Gasteiger partial charge >= 0.3 is 0 Å². The van der Waals surface area contributed by atoms with Crippen LogP contribution in [-0.2, 0) is 17.9 Å². The molecule has 0 aliphatic carbocycles. The average Bonchev–Trinajstić information content (AvgIpc) is 2.91. The van der Waals surface area contributed by atoms with E-state index in [2.05, 4.69) is 21.6 Å². The first-order valence-corrected chi connectivity index (χ1v) is 6.82. The Kier molecular flexibility index (Phi) is 4.55. The van der Waals surface area contributed by atoms with Crippen LogP contribution in [0.4, 0.5) is 0 Å². The Labute approximate surface area is 118 Å². The van der Waals surface area contributed by atoms with Crippen molar-refractivity contribution in [1.82, 2.24) is 24.9 Å². The van der Waals surface area contributed by atoms with Crippen LogP contribution >= 0.6 is 0 Å². The molecule has 2 aromatic heterocycles. The zero-order valence-electron chi connectivity index (χ0n) is 12.3. The molecule has 0 bridgehead atoms. The lowest BCUT2D eigenvalue weighted by atomic mass is 10.4. The van der Waals surface area contributed by atoms with Gasteiger partial charge in [-0.05, 0) is 39.3 Å². The summed E-state index contributed by atoms with van der Waals surface area (Å²) in [6, 6.07) is 3.94. The molecule has 6 nitrogen and oxygen atoms in total. The second-order valence-electron chi connectivity index (χ2n) is 5.01. The summed E-state index contributed by atoms with van der Waals surface area (Å²) in [5, 5.41) is 11.5. The molecule has 2 aromatic rings. The van der Waals surface area contributed by atoms with Gasteiger partial charge in [-0.15, -0.1) is 0 Å². The lowest BCUT2D eigenvalue weighted by molar-refractivity contribution is -0.121. The number of carbonyl (C=O) groups excluding carboxylic acids is 1. The van der Waals surface area contributed by atoms with Crippen molar-refractivity contribution in [1.29, 1.82) is 0 Å². The maximum absolute atomic E-state index is 11.7. The highest BCUT2D eigenvalue weighted by Crippen LogP contribution is 2.02. The van der Waals surface area contributed by atoms with E-state index in [9.17, 15) is 4.79 Å². The Morgan fingerprint density at radius 1 is 1.25 bits per heavy atom. The van der Waals surface area contributed by atoms with Gasteiger partial charge in [-0.25, -0.2) is 0 Å². The normalized spacial score (nSPS) is 10.8. The Morgan fingerprint density at radius 2 is 2.05 bits per heavy atom. The van der Waals surface area contributed by atoms with Gasteiger partial charge in [0.25, 0.3) is 0 Å². The minimum Gasteiger partial charge on any atom is -0.354 e. The highest BCUT2D eigenvalue weighted by Gasteiger charge is 2.04. The first-order chi connectivity index (χ1) is 9.54. The number of aryl methyl sites for hydroxylation is 4. The van der Waals surface area contributed by atoms with Crippen molar-refractivity contribution < 1.29 is 4.79 Å². The molecule has 0 atom stereocenters. The smallest absolute Gasteiger partial charge is 0.241 e. The Balaban J connectivity index is 1.68. The van der Waals surface area contributed by atoms with Crippen molar-refractivity contribution in [2.75, 3.05) is 6.54 Å². The van der Waals surface area contributed by atoms with E-state index in [-0.39, 0.29) is 12.5 Å². The van der Waals surface area contributed by atoms with Gasteiger partial charge in [0, 0.05) is 25.0 Å². The molecule has 1 amide bonds. The molecule has 0 saturated heterocycles. The highest BCUT2D eigenvalue weighted by atomic mass is 16.2. The lowest BCUT2D eigenvalue weighted by Crippen LogP contribution is -2.29. The van der Waals surface area contributed by atoms with Gasteiger partial charge in [-0.3, -0.25) is 14.2 Å². The number of nitrogens with one attached hydrogen (secondary N) is 1. The molecule has 0 spiro atoms. The molecule has 2 rings (SSSR count). The van der Waals surface area contributed by atoms with Crippen LogP contribution in [0.1, 0.15) is 23.5 Å². The van der Waals surface area contributed by atoms with Crippen LogP contribution in [0.3, 0.4) is 0 Å². The van der Waals surface area contributed by atoms with Gasteiger partial charge in [0.15, 0.2) is 0 Å². The van der Waals surface area contributed by atoms with E-state index in [0.717, 1.165) is 30.0 Å². The fourth-order valence-corrected chi connectivity index (χ4v) is 2.11. The van der Waals surface area contributed by atoms with E-state index in [4.69, 9.17) is 0 Å². The lowest BCUT2D eigenvalue weighted by Gasteiger charge is -2.07.